The Hall–Kier alpha value is -2.92. The lowest BCUT2D eigenvalue weighted by Gasteiger charge is -2.15. The Bertz CT molecular complexity index is 925. The van der Waals surface area contributed by atoms with Crippen LogP contribution in [0.3, 0.4) is 0 Å². The predicted molar refractivity (Wildman–Crippen MR) is 95.8 cm³/mol. The van der Waals surface area contributed by atoms with Crippen LogP contribution in [0.4, 0.5) is 0 Å². The average Bonchev–Trinajstić information content (AvgIpc) is 2.62. The van der Waals surface area contributed by atoms with Gasteiger partial charge in [0.25, 0.3) is 5.91 Å². The first-order chi connectivity index (χ1) is 12.0. The van der Waals surface area contributed by atoms with E-state index in [1.165, 1.54) is 6.20 Å². The highest BCUT2D eigenvalue weighted by atomic mass is 35.5. The molecule has 0 spiro atoms. The first-order valence-electron chi connectivity index (χ1n) is 7.66. The number of carbonyl (C=O) groups is 2. The Morgan fingerprint density at radius 2 is 1.84 bits per heavy atom. The van der Waals surface area contributed by atoms with Crippen molar-refractivity contribution in [2.24, 2.45) is 0 Å². The summed E-state index contributed by atoms with van der Waals surface area (Å²) >= 11 is 5.73. The lowest BCUT2D eigenvalue weighted by molar-refractivity contribution is -0.139. The summed E-state index contributed by atoms with van der Waals surface area (Å²) in [6.07, 6.45) is 1.62. The molecule has 3 rings (SSSR count). The minimum atomic E-state index is -1.11. The second-order valence-corrected chi connectivity index (χ2v) is 6.01. The molecule has 0 fully saturated rings. The van der Waals surface area contributed by atoms with E-state index in [1.807, 2.05) is 30.3 Å². The van der Waals surface area contributed by atoms with Crippen LogP contribution < -0.4 is 5.32 Å². The normalized spacial score (nSPS) is 11.9. The fraction of sp³-hybridized carbons (Fsp3) is 0.105. The fourth-order valence-electron chi connectivity index (χ4n) is 2.54. The molecular weight excluding hydrogens is 340 g/mol. The van der Waals surface area contributed by atoms with Crippen molar-refractivity contribution in [3.8, 4) is 0 Å². The van der Waals surface area contributed by atoms with Crippen LogP contribution in [0.25, 0.3) is 10.8 Å². The molecule has 0 radical (unpaired) electrons. The smallest absolute Gasteiger partial charge is 0.326 e. The summed E-state index contributed by atoms with van der Waals surface area (Å²) in [6, 6.07) is 15.1. The molecule has 5 nitrogen and oxygen atoms in total. The molecule has 1 aromatic heterocycles. The third-order valence-corrected chi connectivity index (χ3v) is 4.07. The predicted octanol–water partition coefficient (Wildman–Crippen LogP) is 3.31. The number of carbonyl (C=O) groups excluding carboxylic acids is 1. The Balaban J connectivity index is 1.77. The SMILES string of the molecule is O=C(N[C@@H](Cc1ccc(Cl)nc1)C(=O)O)c1ccc2ccccc2c1. The average molecular weight is 355 g/mol. The Morgan fingerprint density at radius 1 is 1.08 bits per heavy atom. The number of fused-ring (bicyclic) bond motifs is 1. The van der Waals surface area contributed by atoms with Crippen LogP contribution >= 0.6 is 11.6 Å². The van der Waals surface area contributed by atoms with Crippen LogP contribution in [0.1, 0.15) is 15.9 Å². The topological polar surface area (TPSA) is 79.3 Å². The van der Waals surface area contributed by atoms with E-state index in [4.69, 9.17) is 11.6 Å². The van der Waals surface area contributed by atoms with E-state index in [9.17, 15) is 14.7 Å². The highest BCUT2D eigenvalue weighted by Gasteiger charge is 2.21. The maximum Gasteiger partial charge on any atom is 0.326 e. The molecule has 6 heteroatoms. The van der Waals surface area contributed by atoms with Crippen LogP contribution in [0.5, 0.6) is 0 Å². The second kappa shape index (κ2) is 7.32. The Labute approximate surface area is 149 Å². The number of amides is 1. The summed E-state index contributed by atoms with van der Waals surface area (Å²) in [5, 5.41) is 14.2. The summed E-state index contributed by atoms with van der Waals surface area (Å²) in [7, 11) is 0. The molecule has 0 saturated carbocycles. The van der Waals surface area contributed by atoms with E-state index >= 15 is 0 Å². The van der Waals surface area contributed by atoms with Crippen LogP contribution in [0.15, 0.2) is 60.8 Å². The molecule has 3 aromatic rings. The molecule has 1 heterocycles. The molecule has 2 N–H and O–H groups in total. The van der Waals surface area contributed by atoms with Gasteiger partial charge in [0.15, 0.2) is 0 Å². The number of benzene rings is 2. The van der Waals surface area contributed by atoms with Crippen LogP contribution in [-0.4, -0.2) is 28.0 Å². The zero-order chi connectivity index (χ0) is 17.8. The van der Waals surface area contributed by atoms with Crippen molar-refractivity contribution >= 4 is 34.2 Å². The van der Waals surface area contributed by atoms with Crippen molar-refractivity contribution in [1.29, 1.82) is 0 Å². The van der Waals surface area contributed by atoms with Gasteiger partial charge in [0.05, 0.1) is 0 Å². The van der Waals surface area contributed by atoms with E-state index < -0.39 is 17.9 Å². The van der Waals surface area contributed by atoms with Crippen molar-refractivity contribution in [3.63, 3.8) is 0 Å². The third-order valence-electron chi connectivity index (χ3n) is 3.84. The van der Waals surface area contributed by atoms with E-state index in [0.717, 1.165) is 10.8 Å². The maximum absolute atomic E-state index is 12.4. The molecule has 0 bridgehead atoms. The van der Waals surface area contributed by atoms with Gasteiger partial charge in [-0.15, -0.1) is 0 Å². The molecule has 1 atom stereocenters. The Kier molecular flexibility index (Phi) is 4.95. The molecule has 0 saturated heterocycles. The molecule has 126 valence electrons. The van der Waals surface area contributed by atoms with E-state index in [2.05, 4.69) is 10.3 Å². The molecule has 25 heavy (non-hydrogen) atoms. The van der Waals surface area contributed by atoms with Crippen LogP contribution in [0, 0.1) is 0 Å². The van der Waals surface area contributed by atoms with E-state index in [-0.39, 0.29) is 6.42 Å². The first-order valence-corrected chi connectivity index (χ1v) is 8.03. The monoisotopic (exact) mass is 354 g/mol. The summed E-state index contributed by atoms with van der Waals surface area (Å²) in [5.41, 5.74) is 1.09. The van der Waals surface area contributed by atoms with Crippen molar-refractivity contribution in [2.45, 2.75) is 12.5 Å². The lowest BCUT2D eigenvalue weighted by Crippen LogP contribution is -2.42. The van der Waals surface area contributed by atoms with Gasteiger partial charge in [-0.2, -0.15) is 0 Å². The van der Waals surface area contributed by atoms with Crippen molar-refractivity contribution < 1.29 is 14.7 Å². The Morgan fingerprint density at radius 3 is 2.52 bits per heavy atom. The number of halogens is 1. The second-order valence-electron chi connectivity index (χ2n) is 5.62. The maximum atomic E-state index is 12.4. The zero-order valence-electron chi connectivity index (χ0n) is 13.1. The molecule has 1 amide bonds. The van der Waals surface area contributed by atoms with E-state index in [1.54, 1.807) is 24.3 Å². The molecule has 0 unspecified atom stereocenters. The van der Waals surface area contributed by atoms with Gasteiger partial charge in [0.2, 0.25) is 0 Å². The van der Waals surface area contributed by atoms with Crippen LogP contribution in [0.2, 0.25) is 5.15 Å². The fourth-order valence-corrected chi connectivity index (χ4v) is 2.65. The summed E-state index contributed by atoms with van der Waals surface area (Å²) in [5.74, 6) is -1.54. The number of hydrogen-bond donors (Lipinski definition) is 2. The van der Waals surface area contributed by atoms with Crippen molar-refractivity contribution in [2.75, 3.05) is 0 Å². The van der Waals surface area contributed by atoms with Gasteiger partial charge >= 0.3 is 5.97 Å². The van der Waals surface area contributed by atoms with Crippen molar-refractivity contribution in [1.82, 2.24) is 10.3 Å². The van der Waals surface area contributed by atoms with Gasteiger partial charge < -0.3 is 10.4 Å². The number of carboxylic acids is 1. The third kappa shape index (κ3) is 4.14. The van der Waals surface area contributed by atoms with Gasteiger partial charge in [-0.05, 0) is 34.5 Å². The van der Waals surface area contributed by atoms with Gasteiger partial charge in [0, 0.05) is 18.2 Å². The summed E-state index contributed by atoms with van der Waals surface area (Å²) < 4.78 is 0. The number of aromatic nitrogens is 1. The standard InChI is InChI=1S/C19H15ClN2O3/c20-17-8-5-12(11-21-17)9-16(19(24)25)22-18(23)15-7-6-13-3-1-2-4-14(13)10-15/h1-8,10-11,16H,9H2,(H,22,23)(H,24,25)/t16-/m0/s1. The highest BCUT2D eigenvalue weighted by molar-refractivity contribution is 6.29. The number of pyridine rings is 1. The first kappa shape index (κ1) is 16.9. The largest absolute Gasteiger partial charge is 0.480 e. The summed E-state index contributed by atoms with van der Waals surface area (Å²) in [4.78, 5) is 27.8. The zero-order valence-corrected chi connectivity index (χ0v) is 13.9. The van der Waals surface area contributed by atoms with Gasteiger partial charge in [-0.1, -0.05) is 48.0 Å². The number of aliphatic carboxylic acids is 1. The number of nitrogens with zero attached hydrogens (tertiary/aromatic N) is 1. The number of rotatable bonds is 5. The molecule has 0 aliphatic rings. The minimum absolute atomic E-state index is 0.124. The summed E-state index contributed by atoms with van der Waals surface area (Å²) in [6.45, 7) is 0. The van der Waals surface area contributed by atoms with E-state index in [0.29, 0.717) is 16.3 Å². The number of carboxylic acid groups (broad SMARTS) is 1. The minimum Gasteiger partial charge on any atom is -0.480 e. The van der Waals surface area contributed by atoms with Gasteiger partial charge in [-0.25, -0.2) is 9.78 Å². The lowest BCUT2D eigenvalue weighted by atomic mass is 10.0. The molecule has 0 aliphatic heterocycles. The molecule has 2 aromatic carbocycles. The van der Waals surface area contributed by atoms with Gasteiger partial charge in [0.1, 0.15) is 11.2 Å². The van der Waals surface area contributed by atoms with Crippen molar-refractivity contribution in [3.05, 3.63) is 77.1 Å². The van der Waals surface area contributed by atoms with Crippen LogP contribution in [-0.2, 0) is 11.2 Å². The number of hydrogen-bond acceptors (Lipinski definition) is 3. The molecular formula is C19H15ClN2O3. The quantitative estimate of drug-likeness (QED) is 0.689. The number of nitrogens with one attached hydrogen (secondary N) is 1. The van der Waals surface area contributed by atoms with Gasteiger partial charge in [-0.3, -0.25) is 4.79 Å². The highest BCUT2D eigenvalue weighted by Crippen LogP contribution is 2.16. The molecule has 0 aliphatic carbocycles.